The number of carbonyl (C=O) groups is 1. The van der Waals surface area contributed by atoms with Crippen LogP contribution in [0.2, 0.25) is 0 Å². The zero-order chi connectivity index (χ0) is 18.0. The molecule has 0 aliphatic heterocycles. The minimum absolute atomic E-state index is 0.0488. The number of thioether (sulfide) groups is 1. The average molecular weight is 378 g/mol. The van der Waals surface area contributed by atoms with E-state index in [1.807, 2.05) is 18.4 Å². The van der Waals surface area contributed by atoms with Gasteiger partial charge in [0.05, 0.1) is 11.1 Å². The third kappa shape index (κ3) is 3.67. The molecule has 0 spiro atoms. The maximum Gasteiger partial charge on any atom is 0.263 e. The quantitative estimate of drug-likeness (QED) is 0.475. The van der Waals surface area contributed by atoms with Gasteiger partial charge in [0.15, 0.2) is 5.16 Å². The van der Waals surface area contributed by atoms with E-state index in [-0.39, 0.29) is 23.3 Å². The fourth-order valence-corrected chi connectivity index (χ4v) is 5.21. The number of nitrogens with one attached hydrogen (secondary N) is 1. The van der Waals surface area contributed by atoms with Crippen molar-refractivity contribution in [2.45, 2.75) is 50.7 Å². The van der Waals surface area contributed by atoms with Crippen LogP contribution in [-0.2, 0) is 4.79 Å². The van der Waals surface area contributed by atoms with Crippen LogP contribution in [0.25, 0.3) is 10.2 Å². The first-order valence-corrected chi connectivity index (χ1v) is 10.4. The van der Waals surface area contributed by atoms with Crippen LogP contribution in [0.4, 0.5) is 0 Å². The number of carbonyl (C=O) groups excluding carboxylic acids is 1. The summed E-state index contributed by atoms with van der Waals surface area (Å²) in [5.74, 6) is 0.178. The van der Waals surface area contributed by atoms with Crippen molar-refractivity contribution in [3.8, 4) is 0 Å². The molecule has 0 radical (unpaired) electrons. The lowest BCUT2D eigenvalue weighted by atomic mass is 10.2. The second-order valence-corrected chi connectivity index (χ2v) is 8.50. The third-order valence-corrected chi connectivity index (χ3v) is 6.72. The zero-order valence-electron chi connectivity index (χ0n) is 14.6. The minimum atomic E-state index is -0.0734. The van der Waals surface area contributed by atoms with Gasteiger partial charge in [0.25, 0.3) is 5.56 Å². The van der Waals surface area contributed by atoms with Crippen LogP contribution in [0, 0.1) is 13.8 Å². The van der Waals surface area contributed by atoms with Crippen LogP contribution in [0.5, 0.6) is 0 Å². The number of amides is 1. The van der Waals surface area contributed by atoms with Gasteiger partial charge in [-0.15, -0.1) is 17.9 Å². The Hall–Kier alpha value is -1.60. The Labute approximate surface area is 155 Å². The molecule has 3 rings (SSSR count). The summed E-state index contributed by atoms with van der Waals surface area (Å²) in [5.41, 5.74) is 1.08. The summed E-state index contributed by atoms with van der Waals surface area (Å²) in [6.07, 6.45) is 5.94. The standard InChI is InChI=1S/C18H23N3O2S2/c1-4-9-19-14(22)10-24-18-20-16-15(11(2)12(3)25-16)17(23)21(18)13-7-5-6-8-13/h4,13H,1,5-10H2,2-3H3,(H,19,22). The normalized spacial score (nSPS) is 15.0. The van der Waals surface area contributed by atoms with Gasteiger partial charge in [-0.2, -0.15) is 0 Å². The van der Waals surface area contributed by atoms with E-state index in [0.717, 1.165) is 46.3 Å². The Balaban J connectivity index is 2.00. The van der Waals surface area contributed by atoms with Gasteiger partial charge in [0.1, 0.15) is 4.83 Å². The maximum absolute atomic E-state index is 13.2. The van der Waals surface area contributed by atoms with Crippen molar-refractivity contribution >= 4 is 39.2 Å². The van der Waals surface area contributed by atoms with Gasteiger partial charge in [-0.25, -0.2) is 4.98 Å². The number of rotatable bonds is 6. The predicted octanol–water partition coefficient (Wildman–Crippen LogP) is 3.58. The molecule has 2 heterocycles. The van der Waals surface area contributed by atoms with Crippen LogP contribution >= 0.6 is 23.1 Å². The van der Waals surface area contributed by atoms with E-state index in [9.17, 15) is 9.59 Å². The molecule has 7 heteroatoms. The Kier molecular flexibility index (Phi) is 5.64. The predicted molar refractivity (Wildman–Crippen MR) is 105 cm³/mol. The smallest absolute Gasteiger partial charge is 0.263 e. The summed E-state index contributed by atoms with van der Waals surface area (Å²) in [5, 5.41) is 4.18. The van der Waals surface area contributed by atoms with Crippen molar-refractivity contribution in [1.82, 2.24) is 14.9 Å². The molecular formula is C18H23N3O2S2. The molecule has 0 bridgehead atoms. The van der Waals surface area contributed by atoms with Crippen LogP contribution in [0.3, 0.4) is 0 Å². The van der Waals surface area contributed by atoms with Gasteiger partial charge in [-0.1, -0.05) is 30.7 Å². The molecule has 1 saturated carbocycles. The highest BCUT2D eigenvalue weighted by atomic mass is 32.2. The zero-order valence-corrected chi connectivity index (χ0v) is 16.3. The van der Waals surface area contributed by atoms with Gasteiger partial charge in [-0.3, -0.25) is 14.2 Å². The molecule has 2 aromatic heterocycles. The number of hydrogen-bond acceptors (Lipinski definition) is 5. The number of thiophene rings is 1. The SMILES string of the molecule is C=CCNC(=O)CSc1nc2sc(C)c(C)c2c(=O)n1C1CCCC1. The second kappa shape index (κ2) is 7.74. The second-order valence-electron chi connectivity index (χ2n) is 6.35. The minimum Gasteiger partial charge on any atom is -0.352 e. The molecule has 1 aliphatic rings. The van der Waals surface area contributed by atoms with E-state index in [0.29, 0.717) is 11.7 Å². The average Bonchev–Trinajstić information content (AvgIpc) is 3.20. The number of fused-ring (bicyclic) bond motifs is 1. The number of aromatic nitrogens is 2. The topological polar surface area (TPSA) is 64.0 Å². The molecule has 0 unspecified atom stereocenters. The van der Waals surface area contributed by atoms with Crippen molar-refractivity contribution in [1.29, 1.82) is 0 Å². The van der Waals surface area contributed by atoms with E-state index >= 15 is 0 Å². The fraction of sp³-hybridized carbons (Fsp3) is 0.500. The lowest BCUT2D eigenvalue weighted by molar-refractivity contribution is -0.118. The lowest BCUT2D eigenvalue weighted by Crippen LogP contribution is -2.28. The summed E-state index contributed by atoms with van der Waals surface area (Å²) >= 11 is 2.90. The van der Waals surface area contributed by atoms with Crippen molar-refractivity contribution in [3.05, 3.63) is 33.4 Å². The summed E-state index contributed by atoms with van der Waals surface area (Å²) in [4.78, 5) is 31.8. The largest absolute Gasteiger partial charge is 0.352 e. The van der Waals surface area contributed by atoms with E-state index in [2.05, 4.69) is 11.9 Å². The number of hydrogen-bond donors (Lipinski definition) is 1. The summed E-state index contributed by atoms with van der Waals surface area (Å²) in [7, 11) is 0. The molecule has 1 N–H and O–H groups in total. The Morgan fingerprint density at radius 2 is 2.16 bits per heavy atom. The van der Waals surface area contributed by atoms with Gasteiger partial charge >= 0.3 is 0 Å². The molecule has 134 valence electrons. The first kappa shape index (κ1) is 18.2. The van der Waals surface area contributed by atoms with E-state index in [4.69, 9.17) is 4.98 Å². The summed E-state index contributed by atoms with van der Waals surface area (Å²) in [6.45, 7) is 8.06. The molecule has 1 aliphatic carbocycles. The van der Waals surface area contributed by atoms with E-state index < -0.39 is 0 Å². The first-order valence-electron chi connectivity index (χ1n) is 8.55. The molecular weight excluding hydrogens is 354 g/mol. The third-order valence-electron chi connectivity index (χ3n) is 4.67. The van der Waals surface area contributed by atoms with Crippen molar-refractivity contribution < 1.29 is 4.79 Å². The molecule has 2 aromatic rings. The highest BCUT2D eigenvalue weighted by Gasteiger charge is 2.25. The number of nitrogens with zero attached hydrogens (tertiary/aromatic N) is 2. The molecule has 0 aromatic carbocycles. The summed E-state index contributed by atoms with van der Waals surface area (Å²) in [6, 6.07) is 0.197. The molecule has 0 atom stereocenters. The van der Waals surface area contributed by atoms with Gasteiger partial charge in [0.2, 0.25) is 5.91 Å². The summed E-state index contributed by atoms with van der Waals surface area (Å²) < 4.78 is 1.85. The van der Waals surface area contributed by atoms with Gasteiger partial charge in [-0.05, 0) is 32.3 Å². The first-order chi connectivity index (χ1) is 12.0. The van der Waals surface area contributed by atoms with Crippen LogP contribution in [0.15, 0.2) is 22.6 Å². The van der Waals surface area contributed by atoms with Crippen LogP contribution in [0.1, 0.15) is 42.2 Å². The Morgan fingerprint density at radius 3 is 2.84 bits per heavy atom. The van der Waals surface area contributed by atoms with Gasteiger partial charge < -0.3 is 5.32 Å². The van der Waals surface area contributed by atoms with Gasteiger partial charge in [0, 0.05) is 17.5 Å². The Bertz CT molecular complexity index is 863. The maximum atomic E-state index is 13.2. The number of aryl methyl sites for hydroxylation is 2. The highest BCUT2D eigenvalue weighted by Crippen LogP contribution is 2.34. The molecule has 25 heavy (non-hydrogen) atoms. The molecule has 5 nitrogen and oxygen atoms in total. The molecule has 0 saturated heterocycles. The molecule has 1 amide bonds. The van der Waals surface area contributed by atoms with E-state index in [1.54, 1.807) is 17.4 Å². The van der Waals surface area contributed by atoms with Crippen LogP contribution < -0.4 is 10.9 Å². The van der Waals surface area contributed by atoms with Crippen molar-refractivity contribution in [2.75, 3.05) is 12.3 Å². The Morgan fingerprint density at radius 1 is 1.44 bits per heavy atom. The van der Waals surface area contributed by atoms with Crippen molar-refractivity contribution in [2.24, 2.45) is 0 Å². The van der Waals surface area contributed by atoms with E-state index in [1.165, 1.54) is 11.8 Å². The van der Waals surface area contributed by atoms with Crippen LogP contribution in [-0.4, -0.2) is 27.8 Å². The fourth-order valence-electron chi connectivity index (χ4n) is 3.24. The monoisotopic (exact) mass is 377 g/mol. The van der Waals surface area contributed by atoms with Crippen molar-refractivity contribution in [3.63, 3.8) is 0 Å². The highest BCUT2D eigenvalue weighted by molar-refractivity contribution is 7.99. The lowest BCUT2D eigenvalue weighted by Gasteiger charge is -2.18. The molecule has 1 fully saturated rings.